The Morgan fingerprint density at radius 1 is 0.438 bits per heavy atom. The largest absolute Gasteiger partial charge is 0.301 e. The van der Waals surface area contributed by atoms with Crippen molar-refractivity contribution in [2.24, 2.45) is 0 Å². The minimum Gasteiger partial charge on any atom is -0.301 e. The van der Waals surface area contributed by atoms with E-state index in [1.54, 1.807) is 4.80 Å². The Labute approximate surface area is 280 Å². The summed E-state index contributed by atoms with van der Waals surface area (Å²) in [4.78, 5) is 1.77. The SMILES string of the molecule is Cc1cc(-c2ccc(-n3nc(-c4ccccc4)c(-c4ccccc4)n3)c(C)c2)ccc1N1NNC(c2ccccc2)=C1c1ccccc1. The first-order chi connectivity index (χ1) is 23.6. The second kappa shape index (κ2) is 12.5. The minimum absolute atomic E-state index is 0.862. The molecule has 6 aromatic carbocycles. The summed E-state index contributed by atoms with van der Waals surface area (Å²) in [5, 5.41) is 12.1. The van der Waals surface area contributed by atoms with E-state index in [0.717, 1.165) is 78.7 Å². The molecule has 0 spiro atoms. The fraction of sp³-hybridized carbons (Fsp3) is 0.0476. The lowest BCUT2D eigenvalue weighted by atomic mass is 9.99. The van der Waals surface area contributed by atoms with Gasteiger partial charge in [0.05, 0.1) is 22.8 Å². The maximum absolute atomic E-state index is 5.00. The molecule has 0 saturated heterocycles. The van der Waals surface area contributed by atoms with E-state index in [9.17, 15) is 0 Å². The van der Waals surface area contributed by atoms with Gasteiger partial charge in [-0.15, -0.1) is 15.7 Å². The van der Waals surface area contributed by atoms with Crippen molar-refractivity contribution in [2.45, 2.75) is 13.8 Å². The maximum atomic E-state index is 5.00. The predicted molar refractivity (Wildman–Crippen MR) is 196 cm³/mol. The number of hydrogen-bond acceptors (Lipinski definition) is 5. The third kappa shape index (κ3) is 5.44. The molecule has 48 heavy (non-hydrogen) atoms. The molecule has 8 rings (SSSR count). The fourth-order valence-electron chi connectivity index (χ4n) is 6.34. The summed E-state index contributed by atoms with van der Waals surface area (Å²) in [5.74, 6) is 0. The quantitative estimate of drug-likeness (QED) is 0.186. The molecule has 0 fully saturated rings. The van der Waals surface area contributed by atoms with Crippen molar-refractivity contribution in [1.82, 2.24) is 26.0 Å². The van der Waals surface area contributed by atoms with Crippen molar-refractivity contribution in [3.63, 3.8) is 0 Å². The van der Waals surface area contributed by atoms with Crippen LogP contribution in [0.2, 0.25) is 0 Å². The number of anilines is 1. The topological polar surface area (TPSA) is 58.0 Å². The van der Waals surface area contributed by atoms with Gasteiger partial charge in [-0.05, 0) is 60.4 Å². The Hall–Kier alpha value is -6.24. The normalized spacial score (nSPS) is 12.8. The van der Waals surface area contributed by atoms with Crippen LogP contribution >= 0.6 is 0 Å². The molecule has 6 heteroatoms. The Kier molecular flexibility index (Phi) is 7.61. The molecule has 2 heterocycles. The van der Waals surface area contributed by atoms with Crippen LogP contribution in [0.3, 0.4) is 0 Å². The summed E-state index contributed by atoms with van der Waals surface area (Å²) in [6.45, 7) is 4.28. The van der Waals surface area contributed by atoms with Gasteiger partial charge >= 0.3 is 0 Å². The Balaban J connectivity index is 1.13. The Morgan fingerprint density at radius 2 is 0.875 bits per heavy atom. The first-order valence-electron chi connectivity index (χ1n) is 16.1. The highest BCUT2D eigenvalue weighted by atomic mass is 15.7. The summed E-state index contributed by atoms with van der Waals surface area (Å²) in [6.07, 6.45) is 0. The number of nitrogens with one attached hydrogen (secondary N) is 2. The average Bonchev–Trinajstić information content (AvgIpc) is 3.79. The standard InChI is InChI=1S/C42H34N6/c1-29-27-35(23-25-37(29)47-42(34-21-13-6-14-22-34)41(43-46-47)33-19-11-5-12-20-33)36-24-26-38(30(2)28-36)48-44-39(31-15-7-3-8-16-31)40(45-48)32-17-9-4-10-18-32/h3-28,43,46H,1-2H3. The zero-order valence-electron chi connectivity index (χ0n) is 26.8. The van der Waals surface area contributed by atoms with Gasteiger partial charge in [-0.25, -0.2) is 0 Å². The van der Waals surface area contributed by atoms with Gasteiger partial charge in [-0.1, -0.05) is 133 Å². The lowest BCUT2D eigenvalue weighted by Gasteiger charge is -2.24. The number of aryl methyl sites for hydroxylation is 2. The van der Waals surface area contributed by atoms with Crippen LogP contribution in [-0.2, 0) is 0 Å². The molecule has 2 N–H and O–H groups in total. The first-order valence-corrected chi connectivity index (χ1v) is 16.1. The third-order valence-corrected chi connectivity index (χ3v) is 8.75. The van der Waals surface area contributed by atoms with Gasteiger partial charge in [0.15, 0.2) is 0 Å². The summed E-state index contributed by atoms with van der Waals surface area (Å²) >= 11 is 0. The zero-order chi connectivity index (χ0) is 32.5. The highest BCUT2D eigenvalue weighted by molar-refractivity contribution is 5.98. The first kappa shape index (κ1) is 29.2. The van der Waals surface area contributed by atoms with Gasteiger partial charge in [0.25, 0.3) is 0 Å². The average molecular weight is 623 g/mol. The van der Waals surface area contributed by atoms with Crippen LogP contribution in [0.15, 0.2) is 158 Å². The van der Waals surface area contributed by atoms with E-state index >= 15 is 0 Å². The van der Waals surface area contributed by atoms with E-state index in [-0.39, 0.29) is 0 Å². The molecule has 1 aliphatic rings. The molecule has 1 aliphatic heterocycles. The van der Waals surface area contributed by atoms with Gasteiger partial charge in [0.2, 0.25) is 0 Å². The van der Waals surface area contributed by atoms with Crippen LogP contribution in [0.1, 0.15) is 22.3 Å². The fourth-order valence-corrected chi connectivity index (χ4v) is 6.34. The van der Waals surface area contributed by atoms with Crippen molar-refractivity contribution >= 4 is 17.1 Å². The van der Waals surface area contributed by atoms with E-state index in [4.69, 9.17) is 10.2 Å². The zero-order valence-corrected chi connectivity index (χ0v) is 26.8. The van der Waals surface area contributed by atoms with Crippen LogP contribution in [-0.4, -0.2) is 15.0 Å². The third-order valence-electron chi connectivity index (χ3n) is 8.75. The summed E-state index contributed by atoms with van der Waals surface area (Å²) < 4.78 is 0. The molecule has 0 unspecified atom stereocenters. The van der Waals surface area contributed by atoms with Crippen LogP contribution < -0.4 is 16.0 Å². The number of hydrazine groups is 2. The van der Waals surface area contributed by atoms with E-state index in [1.807, 2.05) is 48.5 Å². The molecule has 7 aromatic rings. The Bertz CT molecular complexity index is 2180. The van der Waals surface area contributed by atoms with Crippen LogP contribution in [0.4, 0.5) is 5.69 Å². The van der Waals surface area contributed by atoms with E-state index in [2.05, 4.69) is 139 Å². The smallest absolute Gasteiger partial charge is 0.121 e. The number of aromatic nitrogens is 3. The van der Waals surface area contributed by atoms with Crippen molar-refractivity contribution < 1.29 is 0 Å². The summed E-state index contributed by atoms with van der Waals surface area (Å²) in [7, 11) is 0. The summed E-state index contributed by atoms with van der Waals surface area (Å²) in [6, 6.07) is 54.5. The van der Waals surface area contributed by atoms with Crippen molar-refractivity contribution in [2.75, 3.05) is 5.01 Å². The molecule has 6 nitrogen and oxygen atoms in total. The van der Waals surface area contributed by atoms with Crippen LogP contribution in [0.25, 0.3) is 50.7 Å². The van der Waals surface area contributed by atoms with Crippen molar-refractivity contribution in [1.29, 1.82) is 0 Å². The van der Waals surface area contributed by atoms with Gasteiger partial charge in [-0.3, -0.25) is 5.01 Å². The maximum Gasteiger partial charge on any atom is 0.121 e. The number of hydrogen-bond donors (Lipinski definition) is 2. The monoisotopic (exact) mass is 622 g/mol. The molecular formula is C42H34N6. The van der Waals surface area contributed by atoms with Crippen LogP contribution in [0.5, 0.6) is 0 Å². The molecule has 0 aliphatic carbocycles. The van der Waals surface area contributed by atoms with Crippen LogP contribution in [0, 0.1) is 13.8 Å². The Morgan fingerprint density at radius 3 is 1.35 bits per heavy atom. The van der Waals surface area contributed by atoms with Gasteiger partial charge < -0.3 is 5.43 Å². The molecule has 0 atom stereocenters. The van der Waals surface area contributed by atoms with Gasteiger partial charge in [0, 0.05) is 22.3 Å². The molecule has 0 amide bonds. The number of rotatable bonds is 7. The molecule has 0 bridgehead atoms. The predicted octanol–water partition coefficient (Wildman–Crippen LogP) is 9.24. The lowest BCUT2D eigenvalue weighted by Crippen LogP contribution is -2.38. The number of benzene rings is 6. The molecule has 0 saturated carbocycles. The van der Waals surface area contributed by atoms with Crippen molar-refractivity contribution in [3.8, 4) is 39.3 Å². The molecule has 232 valence electrons. The highest BCUT2D eigenvalue weighted by Gasteiger charge is 2.27. The van der Waals surface area contributed by atoms with Gasteiger partial charge in [-0.2, -0.15) is 4.80 Å². The van der Waals surface area contributed by atoms with E-state index < -0.39 is 0 Å². The molecule has 1 aromatic heterocycles. The molecule has 0 radical (unpaired) electrons. The second-order valence-electron chi connectivity index (χ2n) is 11.9. The minimum atomic E-state index is 0.862. The lowest BCUT2D eigenvalue weighted by molar-refractivity contribution is 0.691. The van der Waals surface area contributed by atoms with E-state index in [1.165, 1.54) is 0 Å². The summed E-state index contributed by atoms with van der Waals surface area (Å²) in [5.41, 5.74) is 21.6. The highest BCUT2D eigenvalue weighted by Crippen LogP contribution is 2.37. The second-order valence-corrected chi connectivity index (χ2v) is 11.9. The van der Waals surface area contributed by atoms with E-state index in [0.29, 0.717) is 0 Å². The van der Waals surface area contributed by atoms with Crippen molar-refractivity contribution in [3.05, 3.63) is 180 Å². The molecular weight excluding hydrogens is 589 g/mol. The number of nitrogens with zero attached hydrogens (tertiary/aromatic N) is 4. The van der Waals surface area contributed by atoms with Gasteiger partial charge in [0.1, 0.15) is 11.4 Å².